The van der Waals surface area contributed by atoms with Crippen LogP contribution in [0.2, 0.25) is 0 Å². The first kappa shape index (κ1) is 21.2. The number of carbonyl (C=O) groups is 3. The molecule has 2 N–H and O–H groups in total. The Bertz CT molecular complexity index is 803. The van der Waals surface area contributed by atoms with Crippen molar-refractivity contribution in [3.05, 3.63) is 65.7 Å². The largest absolute Gasteiger partial charge is 0.456 e. The van der Waals surface area contributed by atoms with E-state index in [4.69, 9.17) is 4.74 Å². The van der Waals surface area contributed by atoms with E-state index in [0.29, 0.717) is 30.1 Å². The number of hydrogen-bond acceptors (Lipinski definition) is 4. The molecule has 0 saturated heterocycles. The maximum absolute atomic E-state index is 12.5. The molecule has 2 rings (SSSR count). The normalized spacial score (nSPS) is 10.4. The highest BCUT2D eigenvalue weighted by Crippen LogP contribution is 2.15. The molecule has 0 unspecified atom stereocenters. The summed E-state index contributed by atoms with van der Waals surface area (Å²) < 4.78 is 4.98. The molecule has 2 aromatic carbocycles. The van der Waals surface area contributed by atoms with E-state index < -0.39 is 11.9 Å². The van der Waals surface area contributed by atoms with Crippen LogP contribution in [0.3, 0.4) is 0 Å². The fraction of sp³-hybridized carbons (Fsp3) is 0.318. The number of hydrogen-bond donors (Lipinski definition) is 2. The van der Waals surface area contributed by atoms with Gasteiger partial charge in [-0.1, -0.05) is 56.3 Å². The lowest BCUT2D eigenvalue weighted by molar-refractivity contribution is -0.147. The van der Waals surface area contributed by atoms with E-state index in [1.54, 1.807) is 24.3 Å². The number of amides is 2. The van der Waals surface area contributed by atoms with Crippen LogP contribution in [0.4, 0.5) is 5.69 Å². The second-order valence-corrected chi connectivity index (χ2v) is 6.86. The van der Waals surface area contributed by atoms with Gasteiger partial charge in [-0.25, -0.2) is 0 Å². The van der Waals surface area contributed by atoms with E-state index in [1.165, 1.54) is 0 Å². The van der Waals surface area contributed by atoms with E-state index in [9.17, 15) is 14.4 Å². The van der Waals surface area contributed by atoms with Crippen LogP contribution in [0, 0.1) is 5.92 Å². The van der Waals surface area contributed by atoms with Gasteiger partial charge in [0.1, 0.15) is 0 Å². The standard InChI is InChI=1S/C22H26N2O4/c1-16(2)12-13-21(26)28-15-20(25)24-19-11-7-6-10-18(19)22(27)23-14-17-8-4-3-5-9-17/h3-11,16H,12-15H2,1-2H3,(H,23,27)(H,24,25). The van der Waals surface area contributed by atoms with Crippen molar-refractivity contribution in [1.29, 1.82) is 0 Å². The second kappa shape index (κ2) is 10.9. The summed E-state index contributed by atoms with van der Waals surface area (Å²) in [4.78, 5) is 36.2. The fourth-order valence-electron chi connectivity index (χ4n) is 2.47. The van der Waals surface area contributed by atoms with E-state index in [0.717, 1.165) is 5.56 Å². The van der Waals surface area contributed by atoms with Crippen molar-refractivity contribution in [1.82, 2.24) is 5.32 Å². The molecule has 0 aromatic heterocycles. The minimum Gasteiger partial charge on any atom is -0.456 e. The molecular formula is C22H26N2O4. The molecule has 0 fully saturated rings. The summed E-state index contributed by atoms with van der Waals surface area (Å²) in [6.45, 7) is 4.03. The summed E-state index contributed by atoms with van der Waals surface area (Å²) in [5.74, 6) is -0.796. The lowest BCUT2D eigenvalue weighted by atomic mass is 10.1. The SMILES string of the molecule is CC(C)CCC(=O)OCC(=O)Nc1ccccc1C(=O)NCc1ccccc1. The average molecular weight is 382 g/mol. The number of anilines is 1. The predicted octanol–water partition coefficient (Wildman–Crippen LogP) is 3.53. The highest BCUT2D eigenvalue weighted by Gasteiger charge is 2.14. The molecule has 0 bridgehead atoms. The van der Waals surface area contributed by atoms with Gasteiger partial charge in [0, 0.05) is 13.0 Å². The fourth-order valence-corrected chi connectivity index (χ4v) is 2.47. The van der Waals surface area contributed by atoms with Crippen LogP contribution in [0.15, 0.2) is 54.6 Å². The number of para-hydroxylation sites is 1. The molecular weight excluding hydrogens is 356 g/mol. The summed E-state index contributed by atoms with van der Waals surface area (Å²) in [6.07, 6.45) is 0.994. The smallest absolute Gasteiger partial charge is 0.306 e. The van der Waals surface area contributed by atoms with Crippen LogP contribution >= 0.6 is 0 Å². The molecule has 0 atom stereocenters. The van der Waals surface area contributed by atoms with Gasteiger partial charge in [-0.3, -0.25) is 14.4 Å². The third kappa shape index (κ3) is 7.23. The molecule has 6 heteroatoms. The Kier molecular flexibility index (Phi) is 8.21. The van der Waals surface area contributed by atoms with Crippen LogP contribution in [-0.4, -0.2) is 24.4 Å². The molecule has 2 aromatic rings. The van der Waals surface area contributed by atoms with Crippen LogP contribution < -0.4 is 10.6 Å². The van der Waals surface area contributed by atoms with Gasteiger partial charge in [-0.15, -0.1) is 0 Å². The molecule has 0 aliphatic carbocycles. The quantitative estimate of drug-likeness (QED) is 0.650. The predicted molar refractivity (Wildman–Crippen MR) is 108 cm³/mol. The van der Waals surface area contributed by atoms with Gasteiger partial charge in [0.25, 0.3) is 11.8 Å². The zero-order chi connectivity index (χ0) is 20.4. The van der Waals surface area contributed by atoms with Gasteiger partial charge in [0.2, 0.25) is 0 Å². The van der Waals surface area contributed by atoms with Crippen molar-refractivity contribution < 1.29 is 19.1 Å². The van der Waals surface area contributed by atoms with Gasteiger partial charge in [-0.05, 0) is 30.0 Å². The Hall–Kier alpha value is -3.15. The first-order chi connectivity index (χ1) is 13.5. The van der Waals surface area contributed by atoms with Crippen molar-refractivity contribution in [3.8, 4) is 0 Å². The van der Waals surface area contributed by atoms with Crippen LogP contribution in [-0.2, 0) is 20.9 Å². The van der Waals surface area contributed by atoms with E-state index in [-0.39, 0.29) is 18.9 Å². The van der Waals surface area contributed by atoms with Crippen molar-refractivity contribution in [2.24, 2.45) is 5.92 Å². The van der Waals surface area contributed by atoms with Crippen molar-refractivity contribution >= 4 is 23.5 Å². The highest BCUT2D eigenvalue weighted by atomic mass is 16.5. The van der Waals surface area contributed by atoms with Crippen LogP contribution in [0.25, 0.3) is 0 Å². The Morgan fingerprint density at radius 1 is 0.964 bits per heavy atom. The number of ether oxygens (including phenoxy) is 1. The minimum absolute atomic E-state index is 0.281. The Morgan fingerprint density at radius 2 is 1.64 bits per heavy atom. The van der Waals surface area contributed by atoms with Gasteiger partial charge in [-0.2, -0.15) is 0 Å². The zero-order valence-corrected chi connectivity index (χ0v) is 16.2. The molecule has 0 aliphatic heterocycles. The van der Waals surface area contributed by atoms with Crippen molar-refractivity contribution in [2.75, 3.05) is 11.9 Å². The molecule has 0 spiro atoms. The van der Waals surface area contributed by atoms with Gasteiger partial charge >= 0.3 is 5.97 Å². The molecule has 28 heavy (non-hydrogen) atoms. The molecule has 0 radical (unpaired) electrons. The monoisotopic (exact) mass is 382 g/mol. The lowest BCUT2D eigenvalue weighted by Gasteiger charge is -2.12. The van der Waals surface area contributed by atoms with E-state index in [2.05, 4.69) is 10.6 Å². The molecule has 2 amide bonds. The number of rotatable bonds is 9. The Labute approximate surface area is 165 Å². The zero-order valence-electron chi connectivity index (χ0n) is 16.2. The number of nitrogens with one attached hydrogen (secondary N) is 2. The first-order valence-electron chi connectivity index (χ1n) is 9.32. The lowest BCUT2D eigenvalue weighted by Crippen LogP contribution is -2.26. The third-order valence-electron chi connectivity index (χ3n) is 4.03. The minimum atomic E-state index is -0.485. The van der Waals surface area contributed by atoms with Gasteiger partial charge < -0.3 is 15.4 Å². The summed E-state index contributed by atoms with van der Waals surface area (Å²) in [5.41, 5.74) is 1.69. The van der Waals surface area contributed by atoms with Crippen LogP contribution in [0.1, 0.15) is 42.6 Å². The summed E-state index contributed by atoms with van der Waals surface area (Å²) in [7, 11) is 0. The molecule has 0 heterocycles. The second-order valence-electron chi connectivity index (χ2n) is 6.86. The number of carbonyl (C=O) groups excluding carboxylic acids is 3. The molecule has 0 aliphatic rings. The average Bonchev–Trinajstić information content (AvgIpc) is 2.70. The topological polar surface area (TPSA) is 84.5 Å². The van der Waals surface area contributed by atoms with Crippen molar-refractivity contribution in [2.45, 2.75) is 33.2 Å². The highest BCUT2D eigenvalue weighted by molar-refractivity contribution is 6.04. The van der Waals surface area contributed by atoms with E-state index in [1.807, 2.05) is 44.2 Å². The molecule has 6 nitrogen and oxygen atoms in total. The number of benzene rings is 2. The number of esters is 1. The van der Waals surface area contributed by atoms with Crippen molar-refractivity contribution in [3.63, 3.8) is 0 Å². The first-order valence-corrected chi connectivity index (χ1v) is 9.32. The van der Waals surface area contributed by atoms with Gasteiger partial charge in [0.15, 0.2) is 6.61 Å². The molecule has 0 saturated carbocycles. The third-order valence-corrected chi connectivity index (χ3v) is 4.03. The van der Waals surface area contributed by atoms with E-state index >= 15 is 0 Å². The summed E-state index contributed by atoms with van der Waals surface area (Å²) in [5, 5.41) is 5.46. The maximum Gasteiger partial charge on any atom is 0.306 e. The maximum atomic E-state index is 12.5. The summed E-state index contributed by atoms with van der Waals surface area (Å²) >= 11 is 0. The van der Waals surface area contributed by atoms with Crippen LogP contribution in [0.5, 0.6) is 0 Å². The Morgan fingerprint density at radius 3 is 2.36 bits per heavy atom. The summed E-state index contributed by atoms with van der Waals surface area (Å²) in [6, 6.07) is 16.3. The Balaban J connectivity index is 1.89. The van der Waals surface area contributed by atoms with Gasteiger partial charge in [0.05, 0.1) is 11.3 Å². The molecule has 148 valence electrons.